The summed E-state index contributed by atoms with van der Waals surface area (Å²) in [5, 5.41) is 20.1. The van der Waals surface area contributed by atoms with Gasteiger partial charge in [0.25, 0.3) is 15.9 Å². The molecule has 0 atom stereocenters. The summed E-state index contributed by atoms with van der Waals surface area (Å²) in [4.78, 5) is 16.2. The van der Waals surface area contributed by atoms with E-state index in [4.69, 9.17) is 15.0 Å². The van der Waals surface area contributed by atoms with Crippen molar-refractivity contribution in [3.05, 3.63) is 72.6 Å². The maximum Gasteiger partial charge on any atom is 0.263 e. The van der Waals surface area contributed by atoms with Gasteiger partial charge in [-0.3, -0.25) is 4.72 Å². The number of benzene rings is 2. The molecular weight excluding hydrogens is 510 g/mol. The number of phenols is 1. The van der Waals surface area contributed by atoms with Gasteiger partial charge >= 0.3 is 0 Å². The summed E-state index contributed by atoms with van der Waals surface area (Å²) in [7, 11) is -4.38. The first-order valence-electron chi connectivity index (χ1n) is 13.2. The number of aromatic nitrogens is 4. The molecule has 2 aromatic carbocycles. The fourth-order valence-electron chi connectivity index (χ4n) is 3.22. The number of aliphatic hydroxyl groups is 1. The van der Waals surface area contributed by atoms with E-state index in [-0.39, 0.29) is 33.5 Å². The molecule has 0 fully saturated rings. The van der Waals surface area contributed by atoms with Gasteiger partial charge in [-0.15, -0.1) is 0 Å². The van der Waals surface area contributed by atoms with Crippen LogP contribution in [-0.2, 0) is 15.4 Å². The molecule has 0 aliphatic rings. The Labute approximate surface area is 225 Å². The molecule has 0 bridgehead atoms. The van der Waals surface area contributed by atoms with E-state index in [0.29, 0.717) is 0 Å². The van der Waals surface area contributed by atoms with Crippen molar-refractivity contribution in [1.82, 2.24) is 19.9 Å². The summed E-state index contributed by atoms with van der Waals surface area (Å²) in [6, 6.07) is 13.2. The van der Waals surface area contributed by atoms with Gasteiger partial charge in [-0.05, 0) is 41.3 Å². The van der Waals surface area contributed by atoms with E-state index in [0.717, 1.165) is 5.56 Å². The minimum atomic E-state index is -4.38. The van der Waals surface area contributed by atoms with Crippen LogP contribution in [0.3, 0.4) is 0 Å². The van der Waals surface area contributed by atoms with E-state index < -0.39 is 40.6 Å². The summed E-state index contributed by atoms with van der Waals surface area (Å²) in [6.07, 6.45) is 2.70. The second-order valence-electron chi connectivity index (χ2n) is 8.87. The number of aromatic hydroxyl groups is 1. The molecule has 4 rings (SSSR count). The van der Waals surface area contributed by atoms with Crippen molar-refractivity contribution < 1.29 is 33.6 Å². The monoisotopic (exact) mass is 541 g/mol. The molecule has 0 aliphatic heterocycles. The summed E-state index contributed by atoms with van der Waals surface area (Å²) in [5.74, 6) is -3.16. The minimum absolute atomic E-state index is 0.126. The van der Waals surface area contributed by atoms with Crippen LogP contribution < -0.4 is 14.2 Å². The molecule has 3 N–H and O–H groups in total. The Morgan fingerprint density at radius 2 is 1.66 bits per heavy atom. The molecule has 12 heteroatoms. The van der Waals surface area contributed by atoms with Gasteiger partial charge in [-0.2, -0.15) is 4.98 Å². The number of nitrogens with zero attached hydrogens (tertiary/aromatic N) is 4. The Kier molecular flexibility index (Phi) is 6.29. The number of hydrogen-bond acceptors (Lipinski definition) is 10. The van der Waals surface area contributed by atoms with Gasteiger partial charge in [0.15, 0.2) is 23.1 Å². The third-order valence-electron chi connectivity index (χ3n) is 5.13. The van der Waals surface area contributed by atoms with E-state index in [2.05, 4.69) is 24.7 Å². The Morgan fingerprint density at radius 1 is 0.974 bits per heavy atom. The maximum atomic E-state index is 13.5. The highest BCUT2D eigenvalue weighted by molar-refractivity contribution is 7.92. The lowest BCUT2D eigenvalue weighted by Crippen LogP contribution is -2.17. The number of rotatable bonds is 9. The van der Waals surface area contributed by atoms with Crippen molar-refractivity contribution in [2.45, 2.75) is 31.1 Å². The molecule has 0 saturated heterocycles. The average molecular weight is 542 g/mol. The molecule has 0 amide bonds. The van der Waals surface area contributed by atoms with Crippen LogP contribution in [0.4, 0.5) is 5.82 Å². The molecule has 0 spiro atoms. The molecule has 38 heavy (non-hydrogen) atoms. The number of sulfonamides is 1. The lowest BCUT2D eigenvalue weighted by molar-refractivity contribution is 0.192. The van der Waals surface area contributed by atoms with Crippen LogP contribution in [0.15, 0.2) is 71.9 Å². The third-order valence-corrected chi connectivity index (χ3v) is 6.49. The average Bonchev–Trinajstić information content (AvgIpc) is 2.90. The highest BCUT2D eigenvalue weighted by Gasteiger charge is 2.26. The van der Waals surface area contributed by atoms with Crippen LogP contribution in [-0.4, -0.2) is 51.7 Å². The van der Waals surface area contributed by atoms with Crippen molar-refractivity contribution in [1.29, 1.82) is 0 Å². The second kappa shape index (κ2) is 11.0. The third kappa shape index (κ3) is 6.15. The van der Waals surface area contributed by atoms with Gasteiger partial charge in [0.1, 0.15) is 6.56 Å². The molecule has 0 aliphatic carbocycles. The fraction of sp³-hybridized carbons (Fsp3) is 0.231. The quantitative estimate of drug-likeness (QED) is 0.284. The van der Waals surface area contributed by atoms with E-state index in [1.807, 2.05) is 20.8 Å². The molecule has 0 unspecified atom stereocenters. The van der Waals surface area contributed by atoms with Crippen molar-refractivity contribution >= 4 is 15.8 Å². The zero-order valence-electron chi connectivity index (χ0n) is 24.6. The van der Waals surface area contributed by atoms with Gasteiger partial charge in [0.2, 0.25) is 11.6 Å². The van der Waals surface area contributed by atoms with Gasteiger partial charge in [-0.25, -0.2) is 23.4 Å². The first-order valence-corrected chi connectivity index (χ1v) is 12.7. The molecular formula is C26H27N5O6S. The van der Waals surface area contributed by atoms with Gasteiger partial charge in [0.05, 0.1) is 16.9 Å². The second-order valence-corrected chi connectivity index (χ2v) is 10.6. The van der Waals surface area contributed by atoms with Gasteiger partial charge in [0, 0.05) is 12.4 Å². The zero-order chi connectivity index (χ0) is 30.9. The van der Waals surface area contributed by atoms with Gasteiger partial charge < -0.3 is 19.7 Å². The molecule has 198 valence electrons. The predicted octanol–water partition coefficient (Wildman–Crippen LogP) is 3.90. The van der Waals surface area contributed by atoms with E-state index in [1.165, 1.54) is 54.9 Å². The van der Waals surface area contributed by atoms with Gasteiger partial charge in [-0.1, -0.05) is 45.0 Å². The Hall–Kier alpha value is -4.29. The molecule has 0 radical (unpaired) electrons. The SMILES string of the molecule is [2H]C([2H])(O)C([2H])([2H])Oc1nc(-c2ncccn2)nc(NS(=O)(=O)c2ccc(C(C)(C)C)cc2)c1Oc1ccccc1O. The number of phenolic OH excluding ortho intramolecular Hbond substituents is 1. The number of hydrogen-bond donors (Lipinski definition) is 3. The first kappa shape index (κ1) is 21.8. The molecule has 2 aromatic heterocycles. The summed E-state index contributed by atoms with van der Waals surface area (Å²) in [5.41, 5.74) is 0.640. The summed E-state index contributed by atoms with van der Waals surface area (Å²) < 4.78 is 71.0. The van der Waals surface area contributed by atoms with Crippen LogP contribution in [0.25, 0.3) is 11.6 Å². The molecule has 0 saturated carbocycles. The van der Waals surface area contributed by atoms with Crippen LogP contribution in [0, 0.1) is 0 Å². The normalized spacial score (nSPS) is 14.0. The molecule has 11 nitrogen and oxygen atoms in total. The van der Waals surface area contributed by atoms with Crippen molar-refractivity contribution in [3.63, 3.8) is 0 Å². The Balaban J connectivity index is 1.92. The van der Waals surface area contributed by atoms with Crippen molar-refractivity contribution in [3.8, 4) is 34.8 Å². The predicted molar refractivity (Wildman–Crippen MR) is 140 cm³/mol. The molecule has 4 aromatic rings. The topological polar surface area (TPSA) is 157 Å². The zero-order valence-corrected chi connectivity index (χ0v) is 21.4. The maximum absolute atomic E-state index is 13.5. The number of ether oxygens (including phenoxy) is 2. The highest BCUT2D eigenvalue weighted by atomic mass is 32.2. The summed E-state index contributed by atoms with van der Waals surface area (Å²) >= 11 is 0. The van der Waals surface area contributed by atoms with E-state index in [1.54, 1.807) is 12.1 Å². The van der Waals surface area contributed by atoms with Crippen LogP contribution >= 0.6 is 0 Å². The fourth-order valence-corrected chi connectivity index (χ4v) is 4.22. The lowest BCUT2D eigenvalue weighted by Gasteiger charge is -2.19. The van der Waals surface area contributed by atoms with Crippen molar-refractivity contribution in [2.75, 3.05) is 17.8 Å². The first-order chi connectivity index (χ1) is 19.5. The number of nitrogens with one attached hydrogen (secondary N) is 1. The Morgan fingerprint density at radius 3 is 2.29 bits per heavy atom. The largest absolute Gasteiger partial charge is 0.504 e. The summed E-state index contributed by atoms with van der Waals surface area (Å²) in [6.45, 7) is -1.05. The Bertz CT molecular complexity index is 1680. The standard InChI is InChI=1S/C26H27N5O6S/c1-26(2,3)17-9-11-18(12-10-17)38(34,35)31-22-21(37-20-8-5-4-7-19(20)33)25(36-16-15-32)30-24(29-22)23-27-13-6-14-28-23/h4-14,32-33H,15-16H2,1-3H3,(H,29,30,31)/i15D2,16D2. The van der Waals surface area contributed by atoms with E-state index in [9.17, 15) is 18.6 Å². The lowest BCUT2D eigenvalue weighted by atomic mass is 9.87. The number of para-hydroxylation sites is 2. The van der Waals surface area contributed by atoms with E-state index >= 15 is 0 Å². The minimum Gasteiger partial charge on any atom is -0.504 e. The highest BCUT2D eigenvalue weighted by Crippen LogP contribution is 2.41. The molecule has 2 heterocycles. The van der Waals surface area contributed by atoms with Crippen LogP contribution in [0.2, 0.25) is 0 Å². The van der Waals surface area contributed by atoms with Crippen LogP contribution in [0.1, 0.15) is 31.8 Å². The van der Waals surface area contributed by atoms with Crippen LogP contribution in [0.5, 0.6) is 23.1 Å². The van der Waals surface area contributed by atoms with Crippen molar-refractivity contribution in [2.24, 2.45) is 0 Å². The number of anilines is 1. The smallest absolute Gasteiger partial charge is 0.263 e.